The van der Waals surface area contributed by atoms with Crippen LogP contribution in [0.4, 0.5) is 11.4 Å². The Balaban J connectivity index is 1.75. The number of hydrogen-bond donors (Lipinski definition) is 2. The minimum absolute atomic E-state index is 0.782. The zero-order valence-electron chi connectivity index (χ0n) is 15.4. The van der Waals surface area contributed by atoms with Crippen LogP contribution in [0.3, 0.4) is 0 Å². The molecule has 3 aromatic rings. The predicted molar refractivity (Wildman–Crippen MR) is 124 cm³/mol. The minimum atomic E-state index is 0.782. The molecule has 0 atom stereocenters. The number of rotatable bonds is 6. The summed E-state index contributed by atoms with van der Waals surface area (Å²) >= 11 is 7.00. The molecule has 2 N–H and O–H groups in total. The lowest BCUT2D eigenvalue weighted by molar-refractivity contribution is 1.21. The molecular weight excluding hydrogens is 482 g/mol. The fraction of sp³-hybridized carbons (Fsp3) is 0.0952. The summed E-state index contributed by atoms with van der Waals surface area (Å²) in [5, 5.41) is 8.89. The van der Waals surface area contributed by atoms with Crippen LogP contribution in [-0.2, 0) is 0 Å². The summed E-state index contributed by atoms with van der Waals surface area (Å²) in [5.41, 5.74) is 11.1. The van der Waals surface area contributed by atoms with Gasteiger partial charge in [0.15, 0.2) is 0 Å². The van der Waals surface area contributed by atoms with Crippen molar-refractivity contribution in [3.8, 4) is 0 Å². The van der Waals surface area contributed by atoms with Gasteiger partial charge in [0.2, 0.25) is 0 Å². The average Bonchev–Trinajstić information content (AvgIpc) is 2.72. The molecule has 0 aliphatic carbocycles. The molecule has 0 radical (unpaired) electrons. The smallest absolute Gasteiger partial charge is 0.0867 e. The molecular formula is C21H19Br2N5. The van der Waals surface area contributed by atoms with E-state index in [2.05, 4.69) is 57.9 Å². The third-order valence-corrected chi connectivity index (χ3v) is 5.31. The van der Waals surface area contributed by atoms with Crippen LogP contribution in [0, 0.1) is 0 Å². The van der Waals surface area contributed by atoms with Crippen LogP contribution in [0.25, 0.3) is 0 Å². The van der Waals surface area contributed by atoms with Crippen LogP contribution in [0.15, 0.2) is 85.9 Å². The third kappa shape index (κ3) is 5.27. The van der Waals surface area contributed by atoms with Gasteiger partial charge < -0.3 is 0 Å². The molecule has 28 heavy (non-hydrogen) atoms. The van der Waals surface area contributed by atoms with Gasteiger partial charge in [0.1, 0.15) is 0 Å². The van der Waals surface area contributed by atoms with E-state index in [1.54, 1.807) is 0 Å². The van der Waals surface area contributed by atoms with Crippen molar-refractivity contribution in [1.82, 2.24) is 4.98 Å². The number of hydrogen-bond acceptors (Lipinski definition) is 5. The van der Waals surface area contributed by atoms with E-state index in [-0.39, 0.29) is 0 Å². The first-order valence-electron chi connectivity index (χ1n) is 8.62. The summed E-state index contributed by atoms with van der Waals surface area (Å²) in [4.78, 5) is 4.68. The van der Waals surface area contributed by atoms with Gasteiger partial charge in [-0.2, -0.15) is 10.2 Å². The van der Waals surface area contributed by atoms with Gasteiger partial charge in [0.25, 0.3) is 0 Å². The van der Waals surface area contributed by atoms with E-state index in [1.165, 1.54) is 0 Å². The van der Waals surface area contributed by atoms with Gasteiger partial charge in [-0.3, -0.25) is 10.9 Å². The SMILES string of the molecule is C/C(=N/Nc1ccccc1Br)c1cccc(/C(C)=N\Nc2ccccc2Br)n1. The Morgan fingerprint density at radius 1 is 0.679 bits per heavy atom. The minimum Gasteiger partial charge on any atom is -0.277 e. The summed E-state index contributed by atoms with van der Waals surface area (Å²) in [7, 11) is 0. The summed E-state index contributed by atoms with van der Waals surface area (Å²) in [5.74, 6) is 0. The number of nitrogens with one attached hydrogen (secondary N) is 2. The van der Waals surface area contributed by atoms with E-state index in [1.807, 2.05) is 80.6 Å². The Bertz CT molecular complexity index is 952. The number of aromatic nitrogens is 1. The standard InChI is InChI=1S/C21H19Br2N5/c1-14(25-27-20-10-5-3-8-16(20)22)18-12-7-13-19(24-18)15(2)26-28-21-11-6-4-9-17(21)23/h3-13,27-28H,1-2H3/b25-14-,26-15-. The van der Waals surface area contributed by atoms with E-state index in [4.69, 9.17) is 0 Å². The lowest BCUT2D eigenvalue weighted by Crippen LogP contribution is -2.08. The van der Waals surface area contributed by atoms with Crippen molar-refractivity contribution < 1.29 is 0 Å². The van der Waals surface area contributed by atoms with Crippen molar-refractivity contribution in [2.45, 2.75) is 13.8 Å². The molecule has 1 heterocycles. The molecule has 7 heteroatoms. The molecule has 0 bridgehead atoms. The summed E-state index contributed by atoms with van der Waals surface area (Å²) in [6.45, 7) is 3.84. The number of para-hydroxylation sites is 2. The van der Waals surface area contributed by atoms with Crippen molar-refractivity contribution >= 4 is 54.7 Å². The van der Waals surface area contributed by atoms with E-state index in [9.17, 15) is 0 Å². The number of pyridine rings is 1. The average molecular weight is 501 g/mol. The zero-order chi connectivity index (χ0) is 19.9. The fourth-order valence-corrected chi connectivity index (χ4v) is 3.09. The maximum absolute atomic E-state index is 4.68. The molecule has 0 amide bonds. The maximum Gasteiger partial charge on any atom is 0.0867 e. The van der Waals surface area contributed by atoms with Crippen LogP contribution < -0.4 is 10.9 Å². The van der Waals surface area contributed by atoms with Gasteiger partial charge in [-0.05, 0) is 82.1 Å². The number of nitrogens with zero attached hydrogens (tertiary/aromatic N) is 3. The number of hydrazone groups is 2. The molecule has 1 aromatic heterocycles. The second-order valence-corrected chi connectivity index (χ2v) is 7.69. The Morgan fingerprint density at radius 2 is 1.11 bits per heavy atom. The second-order valence-electron chi connectivity index (χ2n) is 5.99. The van der Waals surface area contributed by atoms with Crippen molar-refractivity contribution in [2.24, 2.45) is 10.2 Å². The maximum atomic E-state index is 4.68. The van der Waals surface area contributed by atoms with Crippen LogP contribution in [0.1, 0.15) is 25.2 Å². The monoisotopic (exact) mass is 499 g/mol. The number of anilines is 2. The molecule has 142 valence electrons. The largest absolute Gasteiger partial charge is 0.277 e. The molecule has 0 saturated heterocycles. The molecule has 5 nitrogen and oxygen atoms in total. The van der Waals surface area contributed by atoms with Crippen molar-refractivity contribution in [1.29, 1.82) is 0 Å². The molecule has 0 unspecified atom stereocenters. The van der Waals surface area contributed by atoms with Crippen LogP contribution in [0.2, 0.25) is 0 Å². The molecule has 2 aromatic carbocycles. The number of benzene rings is 2. The molecule has 0 fully saturated rings. The van der Waals surface area contributed by atoms with E-state index >= 15 is 0 Å². The summed E-state index contributed by atoms with van der Waals surface area (Å²) in [6, 6.07) is 21.5. The van der Waals surface area contributed by atoms with E-state index in [0.29, 0.717) is 0 Å². The van der Waals surface area contributed by atoms with Crippen molar-refractivity contribution in [3.05, 3.63) is 87.1 Å². The molecule has 0 saturated carbocycles. The Kier molecular flexibility index (Phi) is 6.95. The van der Waals surface area contributed by atoms with Crippen LogP contribution >= 0.6 is 31.9 Å². The quantitative estimate of drug-likeness (QED) is 0.309. The highest BCUT2D eigenvalue weighted by Gasteiger charge is 2.05. The highest BCUT2D eigenvalue weighted by atomic mass is 79.9. The molecule has 0 aliphatic rings. The van der Waals surface area contributed by atoms with Crippen molar-refractivity contribution in [2.75, 3.05) is 10.9 Å². The Labute approximate surface area is 181 Å². The molecule has 0 aliphatic heterocycles. The number of halogens is 2. The molecule has 0 spiro atoms. The van der Waals surface area contributed by atoms with Crippen molar-refractivity contribution in [3.63, 3.8) is 0 Å². The van der Waals surface area contributed by atoms with Gasteiger partial charge in [-0.1, -0.05) is 30.3 Å². The first-order valence-corrected chi connectivity index (χ1v) is 10.2. The fourth-order valence-electron chi connectivity index (χ4n) is 2.34. The van der Waals surface area contributed by atoms with Gasteiger partial charge >= 0.3 is 0 Å². The summed E-state index contributed by atoms with van der Waals surface area (Å²) < 4.78 is 1.91. The van der Waals surface area contributed by atoms with E-state index in [0.717, 1.165) is 43.1 Å². The van der Waals surface area contributed by atoms with Gasteiger partial charge in [-0.25, -0.2) is 4.98 Å². The molecule has 3 rings (SSSR count). The van der Waals surface area contributed by atoms with Crippen LogP contribution in [-0.4, -0.2) is 16.4 Å². The zero-order valence-corrected chi connectivity index (χ0v) is 18.6. The predicted octanol–water partition coefficient (Wildman–Crippen LogP) is 6.28. The normalized spacial score (nSPS) is 12.0. The highest BCUT2D eigenvalue weighted by molar-refractivity contribution is 9.11. The van der Waals surface area contributed by atoms with E-state index < -0.39 is 0 Å². The van der Waals surface area contributed by atoms with Crippen LogP contribution in [0.5, 0.6) is 0 Å². The Morgan fingerprint density at radius 3 is 1.54 bits per heavy atom. The second kappa shape index (κ2) is 9.61. The lowest BCUT2D eigenvalue weighted by Gasteiger charge is -2.07. The van der Waals surface area contributed by atoms with Gasteiger partial charge in [0.05, 0.1) is 34.2 Å². The topological polar surface area (TPSA) is 61.7 Å². The third-order valence-electron chi connectivity index (χ3n) is 3.93. The lowest BCUT2D eigenvalue weighted by atomic mass is 10.2. The first kappa shape index (κ1) is 20.2. The summed E-state index contributed by atoms with van der Waals surface area (Å²) in [6.07, 6.45) is 0. The van der Waals surface area contributed by atoms with Gasteiger partial charge in [-0.15, -0.1) is 0 Å². The van der Waals surface area contributed by atoms with Gasteiger partial charge in [0, 0.05) is 8.95 Å². The highest BCUT2D eigenvalue weighted by Crippen LogP contribution is 2.22. The first-order chi connectivity index (χ1) is 13.5. The Hall–Kier alpha value is -2.51.